The van der Waals surface area contributed by atoms with Crippen molar-refractivity contribution in [1.82, 2.24) is 0 Å². The minimum Gasteiger partial charge on any atom is -0.458 e. The molecule has 0 aliphatic rings. The molecule has 15 heteroatoms. The molecule has 2 aromatic rings. The zero-order chi connectivity index (χ0) is 29.1. The summed E-state index contributed by atoms with van der Waals surface area (Å²) < 4.78 is 4.74. The third-order valence-electron chi connectivity index (χ3n) is 5.24. The molecule has 0 unspecified atom stereocenters. The van der Waals surface area contributed by atoms with E-state index in [0.29, 0.717) is 24.8 Å². The van der Waals surface area contributed by atoms with E-state index in [1.807, 2.05) is 18.7 Å². The van der Waals surface area contributed by atoms with Crippen LogP contribution in [0.1, 0.15) is 39.2 Å². The minimum absolute atomic E-state index is 0.0648. The number of nitrogens with one attached hydrogen (secondary N) is 1. The predicted octanol–water partition coefficient (Wildman–Crippen LogP) is 4.49. The number of azo groups is 1. The molecule has 0 bridgehead atoms. The number of hydrogen-bond acceptors (Lipinski definition) is 12. The van der Waals surface area contributed by atoms with Gasteiger partial charge in [-0.3, -0.25) is 34.6 Å². The zero-order valence-corrected chi connectivity index (χ0v) is 21.4. The Kier molecular flexibility index (Phi) is 10.7. The van der Waals surface area contributed by atoms with Crippen LogP contribution < -0.4 is 10.2 Å². The van der Waals surface area contributed by atoms with Crippen LogP contribution in [0.5, 0.6) is 0 Å². The number of esters is 1. The first-order chi connectivity index (χ1) is 18.5. The lowest BCUT2D eigenvalue weighted by Crippen LogP contribution is -2.22. The van der Waals surface area contributed by atoms with Crippen molar-refractivity contribution in [2.75, 3.05) is 29.9 Å². The van der Waals surface area contributed by atoms with E-state index < -0.39 is 51.0 Å². The van der Waals surface area contributed by atoms with Crippen LogP contribution in [0.25, 0.3) is 0 Å². The average Bonchev–Trinajstić information content (AvgIpc) is 2.90. The number of nitro benzene ring substituents is 2. The standard InChI is InChI=1S/C24H25N7O8/c1-4-29(5-2)17-6-7-19(20(11-17)26-22(33)8-9-23(34)39-14-15(3)32)27-28-24-16(13-25)10-18(30(35)36)12-21(24)31(37)38/h6-7,10-12H,4-5,8-9,14H2,1-3H3,(H,26,33). The van der Waals surface area contributed by atoms with Gasteiger partial charge in [-0.05, 0) is 39.0 Å². The summed E-state index contributed by atoms with van der Waals surface area (Å²) in [5, 5.41) is 42.5. The summed E-state index contributed by atoms with van der Waals surface area (Å²) in [4.78, 5) is 58.1. The van der Waals surface area contributed by atoms with Gasteiger partial charge in [0.05, 0.1) is 33.6 Å². The summed E-state index contributed by atoms with van der Waals surface area (Å²) >= 11 is 0. The fourth-order valence-electron chi connectivity index (χ4n) is 3.32. The monoisotopic (exact) mass is 539 g/mol. The minimum atomic E-state index is -0.917. The maximum Gasteiger partial charge on any atom is 0.306 e. The van der Waals surface area contributed by atoms with Crippen molar-refractivity contribution < 1.29 is 29.0 Å². The molecule has 0 aliphatic heterocycles. The Hall–Kier alpha value is -5.26. The summed E-state index contributed by atoms with van der Waals surface area (Å²) in [6, 6.07) is 7.95. The Morgan fingerprint density at radius 1 is 1.05 bits per heavy atom. The third kappa shape index (κ3) is 8.39. The Balaban J connectivity index is 2.45. The van der Waals surface area contributed by atoms with Gasteiger partial charge < -0.3 is 15.0 Å². The van der Waals surface area contributed by atoms with Crippen molar-refractivity contribution in [3.63, 3.8) is 0 Å². The molecule has 0 spiro atoms. The number of ketones is 1. The largest absolute Gasteiger partial charge is 0.458 e. The van der Waals surface area contributed by atoms with E-state index in [2.05, 4.69) is 15.5 Å². The molecule has 0 heterocycles. The maximum atomic E-state index is 12.6. The van der Waals surface area contributed by atoms with Crippen molar-refractivity contribution in [3.05, 3.63) is 56.1 Å². The highest BCUT2D eigenvalue weighted by atomic mass is 16.6. The first-order valence-corrected chi connectivity index (χ1v) is 11.6. The molecule has 0 fully saturated rings. The number of rotatable bonds is 13. The van der Waals surface area contributed by atoms with Gasteiger partial charge in [0.2, 0.25) is 5.91 Å². The van der Waals surface area contributed by atoms with Crippen LogP contribution in [0.3, 0.4) is 0 Å². The zero-order valence-electron chi connectivity index (χ0n) is 21.4. The molecule has 39 heavy (non-hydrogen) atoms. The second-order valence-corrected chi connectivity index (χ2v) is 7.97. The van der Waals surface area contributed by atoms with E-state index in [0.717, 1.165) is 6.07 Å². The average molecular weight is 540 g/mol. The van der Waals surface area contributed by atoms with Gasteiger partial charge in [0, 0.05) is 31.3 Å². The summed E-state index contributed by atoms with van der Waals surface area (Å²) in [5.74, 6) is -1.66. The molecule has 0 atom stereocenters. The molecular formula is C24H25N7O8. The maximum absolute atomic E-state index is 12.6. The van der Waals surface area contributed by atoms with E-state index in [9.17, 15) is 39.9 Å². The molecule has 2 rings (SSSR count). The van der Waals surface area contributed by atoms with Crippen LogP contribution in [0, 0.1) is 31.6 Å². The molecule has 0 aromatic heterocycles. The SMILES string of the molecule is CCN(CC)c1ccc(N=Nc2c(C#N)cc([N+](=O)[O-])cc2[N+](=O)[O-])c(NC(=O)CCC(=O)OCC(C)=O)c1. The van der Waals surface area contributed by atoms with Crippen molar-refractivity contribution in [2.24, 2.45) is 10.2 Å². The van der Waals surface area contributed by atoms with Gasteiger partial charge in [-0.25, -0.2) is 0 Å². The fourth-order valence-corrected chi connectivity index (χ4v) is 3.32. The van der Waals surface area contributed by atoms with Crippen LogP contribution >= 0.6 is 0 Å². The highest BCUT2D eigenvalue weighted by Crippen LogP contribution is 2.38. The number of benzene rings is 2. The lowest BCUT2D eigenvalue weighted by molar-refractivity contribution is -0.393. The molecular weight excluding hydrogens is 514 g/mol. The Labute approximate surface area is 222 Å². The van der Waals surface area contributed by atoms with Crippen LogP contribution in [0.15, 0.2) is 40.6 Å². The second kappa shape index (κ2) is 13.9. The summed E-state index contributed by atoms with van der Waals surface area (Å²) in [5.41, 5.74) is -1.44. The predicted molar refractivity (Wildman–Crippen MR) is 138 cm³/mol. The first-order valence-electron chi connectivity index (χ1n) is 11.6. The number of Topliss-reactive ketones (excluding diaryl/α,β-unsaturated/α-hetero) is 1. The summed E-state index contributed by atoms with van der Waals surface area (Å²) in [7, 11) is 0. The molecule has 1 amide bonds. The van der Waals surface area contributed by atoms with E-state index in [1.165, 1.54) is 13.0 Å². The van der Waals surface area contributed by atoms with Crippen LogP contribution in [-0.4, -0.2) is 47.2 Å². The Morgan fingerprint density at radius 3 is 2.31 bits per heavy atom. The quantitative estimate of drug-likeness (QED) is 0.163. The molecule has 2 aromatic carbocycles. The molecule has 0 aliphatic carbocycles. The number of nitrogens with zero attached hydrogens (tertiary/aromatic N) is 6. The van der Waals surface area contributed by atoms with E-state index in [1.54, 1.807) is 18.2 Å². The lowest BCUT2D eigenvalue weighted by atomic mass is 10.1. The van der Waals surface area contributed by atoms with Gasteiger partial charge in [0.1, 0.15) is 18.4 Å². The molecule has 15 nitrogen and oxygen atoms in total. The van der Waals surface area contributed by atoms with Crippen LogP contribution in [0.4, 0.5) is 34.1 Å². The van der Waals surface area contributed by atoms with Crippen molar-refractivity contribution in [2.45, 2.75) is 33.6 Å². The number of nitro groups is 2. The third-order valence-corrected chi connectivity index (χ3v) is 5.24. The van der Waals surface area contributed by atoms with E-state index >= 15 is 0 Å². The van der Waals surface area contributed by atoms with Gasteiger partial charge >= 0.3 is 11.7 Å². The van der Waals surface area contributed by atoms with Crippen LogP contribution in [-0.2, 0) is 19.1 Å². The first kappa shape index (κ1) is 30.0. The van der Waals surface area contributed by atoms with Crippen molar-refractivity contribution in [1.29, 1.82) is 5.26 Å². The van der Waals surface area contributed by atoms with E-state index in [-0.39, 0.29) is 30.0 Å². The molecule has 204 valence electrons. The number of anilines is 2. The van der Waals surface area contributed by atoms with Gasteiger partial charge in [-0.1, -0.05) is 0 Å². The number of ether oxygens (including phenoxy) is 1. The van der Waals surface area contributed by atoms with Crippen molar-refractivity contribution in [3.8, 4) is 6.07 Å². The van der Waals surface area contributed by atoms with Gasteiger partial charge in [0.15, 0.2) is 11.5 Å². The van der Waals surface area contributed by atoms with Crippen LogP contribution in [0.2, 0.25) is 0 Å². The molecule has 1 N–H and O–H groups in total. The number of amides is 1. The lowest BCUT2D eigenvalue weighted by Gasteiger charge is -2.22. The Bertz CT molecular complexity index is 1360. The molecule has 0 saturated carbocycles. The number of carbonyl (C=O) groups is 3. The summed E-state index contributed by atoms with van der Waals surface area (Å²) in [6.07, 6.45) is -0.554. The second-order valence-electron chi connectivity index (χ2n) is 7.97. The van der Waals surface area contributed by atoms with Gasteiger partial charge in [-0.2, -0.15) is 5.26 Å². The number of non-ortho nitro benzene ring substituents is 1. The topological polar surface area (TPSA) is 210 Å². The van der Waals surface area contributed by atoms with Crippen molar-refractivity contribution >= 4 is 51.8 Å². The van der Waals surface area contributed by atoms with Gasteiger partial charge in [0.25, 0.3) is 5.69 Å². The molecule has 0 saturated heterocycles. The summed E-state index contributed by atoms with van der Waals surface area (Å²) in [6.45, 7) is 6.01. The van der Waals surface area contributed by atoms with E-state index in [4.69, 9.17) is 4.74 Å². The number of hydrogen-bond donors (Lipinski definition) is 1. The fraction of sp³-hybridized carbons (Fsp3) is 0.333. The normalized spacial score (nSPS) is 10.5. The van der Waals surface area contributed by atoms with Gasteiger partial charge in [-0.15, -0.1) is 10.2 Å². The highest BCUT2D eigenvalue weighted by Gasteiger charge is 2.25. The number of nitriles is 1. The highest BCUT2D eigenvalue weighted by molar-refractivity contribution is 5.96. The Morgan fingerprint density at radius 2 is 1.74 bits per heavy atom. The molecule has 0 radical (unpaired) electrons. The number of carbonyl (C=O) groups excluding carboxylic acids is 3. The smallest absolute Gasteiger partial charge is 0.306 e.